The molecule has 2 aliphatic rings. The lowest BCUT2D eigenvalue weighted by atomic mass is 9.59. The van der Waals surface area contributed by atoms with Crippen LogP contribution in [0.4, 0.5) is 0 Å². The van der Waals surface area contributed by atoms with Gasteiger partial charge in [0.15, 0.2) is 0 Å². The van der Waals surface area contributed by atoms with Crippen LogP contribution in [0.15, 0.2) is 11.1 Å². The van der Waals surface area contributed by atoms with Crippen molar-refractivity contribution in [2.24, 2.45) is 28.6 Å². The summed E-state index contributed by atoms with van der Waals surface area (Å²) in [7, 11) is 0. The number of rotatable bonds is 1. The minimum Gasteiger partial charge on any atom is -0.0679 e. The molecule has 0 saturated carbocycles. The Balaban J connectivity index is 2.27. The van der Waals surface area contributed by atoms with E-state index in [4.69, 9.17) is 0 Å². The number of hydrogen-bond donors (Lipinski definition) is 0. The highest BCUT2D eigenvalue weighted by Gasteiger charge is 2.42. The summed E-state index contributed by atoms with van der Waals surface area (Å²) in [6.45, 7) is 17.2. The Labute approximate surface area is 121 Å². The van der Waals surface area contributed by atoms with Gasteiger partial charge in [-0.25, -0.2) is 0 Å². The molecule has 0 aromatic heterocycles. The van der Waals surface area contributed by atoms with Crippen LogP contribution in [0.3, 0.4) is 0 Å². The maximum absolute atomic E-state index is 2.51. The predicted molar refractivity (Wildman–Crippen MR) is 85.2 cm³/mol. The lowest BCUT2D eigenvalue weighted by molar-refractivity contribution is 0.0471. The molecule has 0 amide bonds. The van der Waals surface area contributed by atoms with Crippen molar-refractivity contribution in [1.82, 2.24) is 0 Å². The zero-order chi connectivity index (χ0) is 14.4. The van der Waals surface area contributed by atoms with Crippen LogP contribution in [-0.4, -0.2) is 0 Å². The molecule has 0 nitrogen and oxygen atoms in total. The Morgan fingerprint density at radius 3 is 1.95 bits per heavy atom. The topological polar surface area (TPSA) is 0 Å². The standard InChI is InChI=1S/C19H34/c1-13-8-10-15(19(6,7)18(3,4)5)12-17-14(2)9-11-16(13)17/h13-15H,8-12H2,1-7H3. The smallest absolute Gasteiger partial charge is 0.0226 e. The van der Waals surface area contributed by atoms with Crippen LogP contribution in [0.1, 0.15) is 80.6 Å². The van der Waals surface area contributed by atoms with Crippen molar-refractivity contribution in [3.05, 3.63) is 11.1 Å². The van der Waals surface area contributed by atoms with E-state index < -0.39 is 0 Å². The molecule has 0 heteroatoms. The van der Waals surface area contributed by atoms with Gasteiger partial charge < -0.3 is 0 Å². The Hall–Kier alpha value is -0.260. The van der Waals surface area contributed by atoms with Gasteiger partial charge in [-0.15, -0.1) is 0 Å². The Morgan fingerprint density at radius 2 is 1.37 bits per heavy atom. The second-order valence-electron chi connectivity index (χ2n) is 8.84. The third-order valence-electron chi connectivity index (χ3n) is 6.82. The number of hydrogen-bond acceptors (Lipinski definition) is 0. The molecule has 0 N–H and O–H groups in total. The van der Waals surface area contributed by atoms with Gasteiger partial charge in [0.2, 0.25) is 0 Å². The minimum atomic E-state index is 0.397. The maximum Gasteiger partial charge on any atom is -0.0226 e. The van der Waals surface area contributed by atoms with Crippen molar-refractivity contribution in [2.45, 2.75) is 80.6 Å². The first-order valence-corrected chi connectivity index (χ1v) is 8.36. The molecule has 2 rings (SSSR count). The van der Waals surface area contributed by atoms with E-state index in [1.165, 1.54) is 32.1 Å². The summed E-state index contributed by atoms with van der Waals surface area (Å²) in [4.78, 5) is 0. The second-order valence-corrected chi connectivity index (χ2v) is 8.84. The molecule has 2 aliphatic carbocycles. The van der Waals surface area contributed by atoms with Crippen LogP contribution in [-0.2, 0) is 0 Å². The molecule has 0 heterocycles. The van der Waals surface area contributed by atoms with E-state index in [0.717, 1.165) is 17.8 Å². The van der Waals surface area contributed by atoms with E-state index in [2.05, 4.69) is 48.5 Å². The van der Waals surface area contributed by atoms with Crippen molar-refractivity contribution >= 4 is 0 Å². The van der Waals surface area contributed by atoms with Gasteiger partial charge >= 0.3 is 0 Å². The summed E-state index contributed by atoms with van der Waals surface area (Å²) in [6, 6.07) is 0. The SMILES string of the molecule is CC1CCC(C(C)(C)C(C)(C)C)CC2=C1CCC2C. The molecule has 0 spiro atoms. The van der Waals surface area contributed by atoms with Crippen molar-refractivity contribution in [3.63, 3.8) is 0 Å². The molecule has 19 heavy (non-hydrogen) atoms. The summed E-state index contributed by atoms with van der Waals surface area (Å²) in [5, 5.41) is 0. The molecule has 3 atom stereocenters. The van der Waals surface area contributed by atoms with Gasteiger partial charge in [-0.1, -0.05) is 59.6 Å². The number of allylic oxidation sites excluding steroid dienone is 2. The molecule has 0 bridgehead atoms. The molecule has 0 fully saturated rings. The van der Waals surface area contributed by atoms with Gasteiger partial charge in [-0.05, 0) is 60.7 Å². The molecule has 0 aromatic carbocycles. The predicted octanol–water partition coefficient (Wildman–Crippen LogP) is 6.22. The van der Waals surface area contributed by atoms with Crippen molar-refractivity contribution in [1.29, 1.82) is 0 Å². The van der Waals surface area contributed by atoms with E-state index in [1.54, 1.807) is 0 Å². The van der Waals surface area contributed by atoms with Crippen molar-refractivity contribution in [2.75, 3.05) is 0 Å². The fourth-order valence-electron chi connectivity index (χ4n) is 4.14. The van der Waals surface area contributed by atoms with Crippen molar-refractivity contribution in [3.8, 4) is 0 Å². The summed E-state index contributed by atoms with van der Waals surface area (Å²) in [5.74, 6) is 2.57. The Morgan fingerprint density at radius 1 is 0.789 bits per heavy atom. The highest BCUT2D eigenvalue weighted by Crippen LogP contribution is 2.53. The van der Waals surface area contributed by atoms with Crippen LogP contribution < -0.4 is 0 Å². The zero-order valence-electron chi connectivity index (χ0n) is 14.3. The van der Waals surface area contributed by atoms with E-state index >= 15 is 0 Å². The van der Waals surface area contributed by atoms with Crippen LogP contribution >= 0.6 is 0 Å². The van der Waals surface area contributed by atoms with Crippen LogP contribution in [0.25, 0.3) is 0 Å². The molecule has 110 valence electrons. The summed E-state index contributed by atoms with van der Waals surface area (Å²) < 4.78 is 0. The highest BCUT2D eigenvalue weighted by atomic mass is 14.5. The second kappa shape index (κ2) is 4.93. The molecular weight excluding hydrogens is 228 g/mol. The third-order valence-corrected chi connectivity index (χ3v) is 6.82. The Bertz CT molecular complexity index is 364. The lowest BCUT2D eigenvalue weighted by Crippen LogP contribution is -2.37. The van der Waals surface area contributed by atoms with E-state index in [-0.39, 0.29) is 0 Å². The van der Waals surface area contributed by atoms with Gasteiger partial charge in [-0.2, -0.15) is 0 Å². The molecule has 0 aliphatic heterocycles. The normalized spacial score (nSPS) is 33.3. The molecule has 3 unspecified atom stereocenters. The lowest BCUT2D eigenvalue weighted by Gasteiger charge is -2.45. The van der Waals surface area contributed by atoms with Crippen molar-refractivity contribution < 1.29 is 0 Å². The van der Waals surface area contributed by atoms with E-state index in [1.807, 2.05) is 11.1 Å². The quantitative estimate of drug-likeness (QED) is 0.492. The van der Waals surface area contributed by atoms with Crippen LogP contribution in [0.2, 0.25) is 0 Å². The minimum absolute atomic E-state index is 0.397. The van der Waals surface area contributed by atoms with E-state index in [0.29, 0.717) is 10.8 Å². The van der Waals surface area contributed by atoms with Gasteiger partial charge in [0.1, 0.15) is 0 Å². The average molecular weight is 262 g/mol. The summed E-state index contributed by atoms with van der Waals surface area (Å²) in [6.07, 6.45) is 7.02. The maximum atomic E-state index is 2.51. The van der Waals surface area contributed by atoms with Crippen LogP contribution in [0.5, 0.6) is 0 Å². The highest BCUT2D eigenvalue weighted by molar-refractivity contribution is 5.26. The van der Waals surface area contributed by atoms with Gasteiger partial charge in [0.25, 0.3) is 0 Å². The average Bonchev–Trinajstić information content (AvgIpc) is 2.54. The molecular formula is C19H34. The Kier molecular flexibility index (Phi) is 3.93. The first-order chi connectivity index (χ1) is 8.64. The summed E-state index contributed by atoms with van der Waals surface area (Å²) >= 11 is 0. The third kappa shape index (κ3) is 2.65. The van der Waals surface area contributed by atoms with Gasteiger partial charge in [0.05, 0.1) is 0 Å². The van der Waals surface area contributed by atoms with E-state index in [9.17, 15) is 0 Å². The summed E-state index contributed by atoms with van der Waals surface area (Å²) in [5.41, 5.74) is 4.53. The molecule has 0 radical (unpaired) electrons. The van der Waals surface area contributed by atoms with Crippen LogP contribution in [0, 0.1) is 28.6 Å². The first-order valence-electron chi connectivity index (χ1n) is 8.36. The largest absolute Gasteiger partial charge is 0.0679 e. The zero-order valence-corrected chi connectivity index (χ0v) is 14.3. The molecule has 0 aromatic rings. The monoisotopic (exact) mass is 262 g/mol. The molecule has 0 saturated heterocycles. The fraction of sp³-hybridized carbons (Fsp3) is 0.895. The first kappa shape index (κ1) is 15.1. The van der Waals surface area contributed by atoms with Gasteiger partial charge in [-0.3, -0.25) is 0 Å². The fourth-order valence-corrected chi connectivity index (χ4v) is 4.14. The van der Waals surface area contributed by atoms with Gasteiger partial charge in [0, 0.05) is 0 Å².